The van der Waals surface area contributed by atoms with Gasteiger partial charge in [-0.2, -0.15) is 0 Å². The molecule has 0 spiro atoms. The maximum atomic E-state index is 13.3. The van der Waals surface area contributed by atoms with E-state index in [2.05, 4.69) is 9.88 Å². The van der Waals surface area contributed by atoms with Gasteiger partial charge in [-0.05, 0) is 42.0 Å². The standard InChI is InChI=1S/C22H22FN3O4/c23-17-3-1-16(2-4-17)20(27)18-19(15-5-7-24-8-6-15)26(22(29)21(18)28)10-9-25-11-13-30-14-12-25/h1-8,19,27H,9-14H2/b20-18+/t19-/m0/s1. The minimum atomic E-state index is -0.749. The lowest BCUT2D eigenvalue weighted by molar-refractivity contribution is -0.140. The number of nitrogens with zero attached hydrogens (tertiary/aromatic N) is 3. The van der Waals surface area contributed by atoms with Gasteiger partial charge in [0, 0.05) is 44.1 Å². The third kappa shape index (κ3) is 3.96. The number of amides is 1. The minimum absolute atomic E-state index is 0.000198. The Balaban J connectivity index is 1.71. The highest BCUT2D eigenvalue weighted by atomic mass is 19.1. The Bertz CT molecular complexity index is 956. The van der Waals surface area contributed by atoms with Gasteiger partial charge in [-0.1, -0.05) is 0 Å². The Morgan fingerprint density at radius 3 is 2.40 bits per heavy atom. The van der Waals surface area contributed by atoms with Gasteiger partial charge in [-0.25, -0.2) is 4.39 Å². The number of carbonyl (C=O) groups is 2. The SMILES string of the molecule is O=C1C(=O)N(CCN2CCOCC2)[C@@H](c2ccncc2)/C1=C(\O)c1ccc(F)cc1. The first-order valence-corrected chi connectivity index (χ1v) is 9.80. The molecule has 156 valence electrons. The van der Waals surface area contributed by atoms with Gasteiger partial charge in [0.05, 0.1) is 24.8 Å². The van der Waals surface area contributed by atoms with Crippen molar-refractivity contribution in [1.29, 1.82) is 0 Å². The smallest absolute Gasteiger partial charge is 0.295 e. The molecule has 2 aromatic rings. The number of morpholine rings is 1. The summed E-state index contributed by atoms with van der Waals surface area (Å²) in [6.07, 6.45) is 3.16. The Morgan fingerprint density at radius 2 is 1.73 bits per heavy atom. The average molecular weight is 411 g/mol. The molecule has 2 saturated heterocycles. The molecule has 1 aromatic carbocycles. The zero-order valence-corrected chi connectivity index (χ0v) is 16.3. The van der Waals surface area contributed by atoms with E-state index in [1.165, 1.54) is 29.2 Å². The Kier molecular flexibility index (Phi) is 5.87. The maximum absolute atomic E-state index is 13.3. The van der Waals surface area contributed by atoms with Crippen LogP contribution in [-0.4, -0.2) is 71.0 Å². The fraction of sp³-hybridized carbons (Fsp3) is 0.318. The fourth-order valence-corrected chi connectivity index (χ4v) is 3.84. The lowest BCUT2D eigenvalue weighted by Crippen LogP contribution is -2.42. The number of ketones is 1. The number of hydrogen-bond acceptors (Lipinski definition) is 6. The minimum Gasteiger partial charge on any atom is -0.507 e. The van der Waals surface area contributed by atoms with E-state index in [0.717, 1.165) is 13.1 Å². The summed E-state index contributed by atoms with van der Waals surface area (Å²) < 4.78 is 18.7. The number of ether oxygens (including phenoxy) is 1. The summed E-state index contributed by atoms with van der Waals surface area (Å²) in [4.78, 5) is 33.4. The summed E-state index contributed by atoms with van der Waals surface area (Å²) in [5, 5.41) is 10.9. The van der Waals surface area contributed by atoms with Crippen LogP contribution in [-0.2, 0) is 14.3 Å². The van der Waals surface area contributed by atoms with Gasteiger partial charge < -0.3 is 14.7 Å². The molecule has 1 atom stereocenters. The van der Waals surface area contributed by atoms with Gasteiger partial charge in [0.2, 0.25) is 0 Å². The van der Waals surface area contributed by atoms with Crippen molar-refractivity contribution in [2.75, 3.05) is 39.4 Å². The zero-order chi connectivity index (χ0) is 21.1. The van der Waals surface area contributed by atoms with E-state index in [1.807, 2.05) is 0 Å². The predicted molar refractivity (Wildman–Crippen MR) is 107 cm³/mol. The molecule has 0 aliphatic carbocycles. The molecule has 30 heavy (non-hydrogen) atoms. The highest BCUT2D eigenvalue weighted by Gasteiger charge is 2.46. The van der Waals surface area contributed by atoms with Crippen LogP contribution in [0.25, 0.3) is 5.76 Å². The van der Waals surface area contributed by atoms with Gasteiger partial charge in [-0.15, -0.1) is 0 Å². The molecule has 2 aliphatic rings. The van der Waals surface area contributed by atoms with Crippen LogP contribution in [0.3, 0.4) is 0 Å². The number of carbonyl (C=O) groups excluding carboxylic acids is 2. The Hall–Kier alpha value is -3.10. The number of aromatic nitrogens is 1. The second kappa shape index (κ2) is 8.73. The highest BCUT2D eigenvalue weighted by molar-refractivity contribution is 6.46. The van der Waals surface area contributed by atoms with E-state index in [9.17, 15) is 19.1 Å². The third-order valence-corrected chi connectivity index (χ3v) is 5.44. The van der Waals surface area contributed by atoms with Crippen molar-refractivity contribution in [3.8, 4) is 0 Å². The van der Waals surface area contributed by atoms with E-state index in [0.29, 0.717) is 31.9 Å². The fourth-order valence-electron chi connectivity index (χ4n) is 3.84. The molecule has 2 fully saturated rings. The summed E-state index contributed by atoms with van der Waals surface area (Å²) in [5.74, 6) is -2.18. The lowest BCUT2D eigenvalue weighted by atomic mass is 9.96. The van der Waals surface area contributed by atoms with Crippen molar-refractivity contribution in [3.05, 3.63) is 71.3 Å². The van der Waals surface area contributed by atoms with Crippen molar-refractivity contribution >= 4 is 17.4 Å². The second-order valence-corrected chi connectivity index (χ2v) is 7.23. The molecule has 0 bridgehead atoms. The number of aliphatic hydroxyl groups is 1. The van der Waals surface area contributed by atoms with Crippen LogP contribution in [0.15, 0.2) is 54.4 Å². The average Bonchev–Trinajstić information content (AvgIpc) is 3.04. The molecule has 8 heteroatoms. The van der Waals surface area contributed by atoms with Crippen LogP contribution in [0.1, 0.15) is 17.2 Å². The molecule has 7 nitrogen and oxygen atoms in total. The van der Waals surface area contributed by atoms with E-state index >= 15 is 0 Å². The Morgan fingerprint density at radius 1 is 1.07 bits per heavy atom. The Labute approximate surface area is 173 Å². The van der Waals surface area contributed by atoms with Gasteiger partial charge in [-0.3, -0.25) is 19.5 Å². The van der Waals surface area contributed by atoms with E-state index in [4.69, 9.17) is 4.74 Å². The molecular weight excluding hydrogens is 389 g/mol. The van der Waals surface area contributed by atoms with Crippen molar-refractivity contribution in [2.45, 2.75) is 6.04 Å². The monoisotopic (exact) mass is 411 g/mol. The van der Waals surface area contributed by atoms with Crippen LogP contribution in [0.5, 0.6) is 0 Å². The summed E-state index contributed by atoms with van der Waals surface area (Å²) in [7, 11) is 0. The van der Waals surface area contributed by atoms with Crippen molar-refractivity contribution in [3.63, 3.8) is 0 Å². The molecule has 1 aromatic heterocycles. The van der Waals surface area contributed by atoms with Gasteiger partial charge >= 0.3 is 0 Å². The van der Waals surface area contributed by atoms with Gasteiger partial charge in [0.25, 0.3) is 11.7 Å². The van der Waals surface area contributed by atoms with Crippen LogP contribution >= 0.6 is 0 Å². The summed E-state index contributed by atoms with van der Waals surface area (Å²) in [6, 6.07) is 7.87. The van der Waals surface area contributed by atoms with Crippen LogP contribution in [0, 0.1) is 5.82 Å². The molecule has 0 radical (unpaired) electrons. The number of halogens is 1. The topological polar surface area (TPSA) is 83.0 Å². The van der Waals surface area contributed by atoms with E-state index in [1.54, 1.807) is 24.5 Å². The normalized spacial score (nSPS) is 21.9. The summed E-state index contributed by atoms with van der Waals surface area (Å²) in [6.45, 7) is 3.72. The number of Topliss-reactive ketones (excluding diaryl/α,β-unsaturated/α-hetero) is 1. The van der Waals surface area contributed by atoms with Crippen molar-refractivity contribution in [2.24, 2.45) is 0 Å². The van der Waals surface area contributed by atoms with Crippen LogP contribution in [0.2, 0.25) is 0 Å². The molecule has 0 saturated carbocycles. The molecule has 4 rings (SSSR count). The van der Waals surface area contributed by atoms with Crippen LogP contribution in [0.4, 0.5) is 4.39 Å². The molecule has 0 unspecified atom stereocenters. The largest absolute Gasteiger partial charge is 0.507 e. The first kappa shape index (κ1) is 20.2. The van der Waals surface area contributed by atoms with E-state index < -0.39 is 23.5 Å². The maximum Gasteiger partial charge on any atom is 0.295 e. The number of hydrogen-bond donors (Lipinski definition) is 1. The second-order valence-electron chi connectivity index (χ2n) is 7.23. The van der Waals surface area contributed by atoms with Crippen molar-refractivity contribution in [1.82, 2.24) is 14.8 Å². The van der Waals surface area contributed by atoms with Crippen molar-refractivity contribution < 1.29 is 23.8 Å². The third-order valence-electron chi connectivity index (χ3n) is 5.44. The van der Waals surface area contributed by atoms with Gasteiger partial charge in [0.1, 0.15) is 11.6 Å². The van der Waals surface area contributed by atoms with Gasteiger partial charge in [0.15, 0.2) is 0 Å². The number of benzene rings is 1. The number of aliphatic hydroxyl groups excluding tert-OH is 1. The lowest BCUT2D eigenvalue weighted by Gasteiger charge is -2.30. The first-order valence-electron chi connectivity index (χ1n) is 9.80. The quantitative estimate of drug-likeness (QED) is 0.460. The molecule has 2 aliphatic heterocycles. The van der Waals surface area contributed by atoms with Crippen LogP contribution < -0.4 is 0 Å². The van der Waals surface area contributed by atoms with E-state index in [-0.39, 0.29) is 16.9 Å². The number of rotatable bonds is 5. The predicted octanol–water partition coefficient (Wildman–Crippen LogP) is 1.97. The molecular formula is C22H22FN3O4. The first-order chi connectivity index (χ1) is 14.6. The summed E-state index contributed by atoms with van der Waals surface area (Å²) in [5.41, 5.74) is 0.955. The molecule has 3 heterocycles. The summed E-state index contributed by atoms with van der Waals surface area (Å²) >= 11 is 0. The zero-order valence-electron chi connectivity index (χ0n) is 16.3. The number of pyridine rings is 1. The molecule has 1 amide bonds. The highest BCUT2D eigenvalue weighted by Crippen LogP contribution is 2.39. The number of likely N-dealkylation sites (tertiary alicyclic amines) is 1. The molecule has 1 N–H and O–H groups in total.